The quantitative estimate of drug-likeness (QED) is 0.673. The molecule has 1 aromatic heterocycles. The van der Waals surface area contributed by atoms with E-state index in [4.69, 9.17) is 9.47 Å². The van der Waals surface area contributed by atoms with Gasteiger partial charge in [0.2, 0.25) is 0 Å². The zero-order valence-electron chi connectivity index (χ0n) is 15.2. The first kappa shape index (κ1) is 17.9. The van der Waals surface area contributed by atoms with Crippen LogP contribution in [0.3, 0.4) is 0 Å². The van der Waals surface area contributed by atoms with E-state index in [-0.39, 0.29) is 12.0 Å². The molecule has 2 heterocycles. The highest BCUT2D eigenvalue weighted by atomic mass is 32.1. The third-order valence-electron chi connectivity index (χ3n) is 4.64. The number of aromatic nitrogens is 1. The fraction of sp³-hybridized carbons (Fsp3) is 0.333. The Morgan fingerprint density at radius 3 is 3.07 bits per heavy atom. The van der Waals surface area contributed by atoms with Gasteiger partial charge in [0.05, 0.1) is 16.3 Å². The van der Waals surface area contributed by atoms with E-state index >= 15 is 0 Å². The number of carbonyl (C=O) groups is 1. The number of thiazole rings is 1. The minimum Gasteiger partial charge on any atom is -0.491 e. The Hall–Kier alpha value is -2.44. The first-order valence-corrected chi connectivity index (χ1v) is 10.1. The standard InChI is InChI=1S/C21H22N2O3S/c1-2-14-8-9-18-19(11-14)27-21(22-18)23-20(24)15-5-3-6-16(12-15)26-13-17-7-4-10-25-17/h3,5-6,8-9,11-12,17H,2,4,7,10,13H2,1H3,(H,22,23,24). The van der Waals surface area contributed by atoms with Crippen LogP contribution in [0.2, 0.25) is 0 Å². The summed E-state index contributed by atoms with van der Waals surface area (Å²) in [6.07, 6.45) is 3.24. The normalized spacial score (nSPS) is 16.6. The van der Waals surface area contributed by atoms with Crippen LogP contribution in [0.25, 0.3) is 10.2 Å². The van der Waals surface area contributed by atoms with Crippen molar-refractivity contribution >= 4 is 32.6 Å². The highest BCUT2D eigenvalue weighted by molar-refractivity contribution is 7.22. The van der Waals surface area contributed by atoms with Crippen molar-refractivity contribution in [3.63, 3.8) is 0 Å². The van der Waals surface area contributed by atoms with Crippen LogP contribution in [-0.2, 0) is 11.2 Å². The molecule has 27 heavy (non-hydrogen) atoms. The molecule has 1 N–H and O–H groups in total. The molecule has 1 amide bonds. The van der Waals surface area contributed by atoms with Crippen LogP contribution in [0, 0.1) is 0 Å². The number of rotatable bonds is 6. The predicted molar refractivity (Wildman–Crippen MR) is 108 cm³/mol. The molecule has 0 spiro atoms. The van der Waals surface area contributed by atoms with Crippen molar-refractivity contribution in [2.24, 2.45) is 0 Å². The lowest BCUT2D eigenvalue weighted by Gasteiger charge is -2.12. The summed E-state index contributed by atoms with van der Waals surface area (Å²) >= 11 is 1.49. The smallest absolute Gasteiger partial charge is 0.257 e. The van der Waals surface area contributed by atoms with Crippen molar-refractivity contribution in [2.45, 2.75) is 32.3 Å². The molecule has 3 aromatic rings. The molecule has 1 aliphatic rings. The molecule has 6 heteroatoms. The van der Waals surface area contributed by atoms with Crippen molar-refractivity contribution in [1.29, 1.82) is 0 Å². The molecule has 1 unspecified atom stereocenters. The number of ether oxygens (including phenoxy) is 2. The van der Waals surface area contributed by atoms with Crippen molar-refractivity contribution in [3.8, 4) is 5.75 Å². The molecule has 140 valence electrons. The fourth-order valence-corrected chi connectivity index (χ4v) is 4.03. The van der Waals surface area contributed by atoms with E-state index in [0.717, 1.165) is 36.1 Å². The topological polar surface area (TPSA) is 60.5 Å². The third kappa shape index (κ3) is 4.28. The maximum atomic E-state index is 12.6. The van der Waals surface area contributed by atoms with Gasteiger partial charge in [-0.1, -0.05) is 30.4 Å². The Bertz CT molecular complexity index is 948. The van der Waals surface area contributed by atoms with Crippen LogP contribution in [0.1, 0.15) is 35.7 Å². The third-order valence-corrected chi connectivity index (χ3v) is 5.57. The number of hydrogen-bond acceptors (Lipinski definition) is 5. The van der Waals surface area contributed by atoms with E-state index in [2.05, 4.69) is 29.4 Å². The summed E-state index contributed by atoms with van der Waals surface area (Å²) in [6.45, 7) is 3.44. The second kappa shape index (κ2) is 8.06. The molecule has 0 radical (unpaired) electrons. The van der Waals surface area contributed by atoms with Gasteiger partial charge in [-0.15, -0.1) is 0 Å². The molecule has 1 saturated heterocycles. The molecular formula is C21H22N2O3S. The Morgan fingerprint density at radius 1 is 1.33 bits per heavy atom. The first-order chi connectivity index (χ1) is 13.2. The monoisotopic (exact) mass is 382 g/mol. The van der Waals surface area contributed by atoms with Crippen LogP contribution >= 0.6 is 11.3 Å². The summed E-state index contributed by atoms with van der Waals surface area (Å²) in [5, 5.41) is 3.50. The number of nitrogens with zero attached hydrogens (tertiary/aromatic N) is 1. The molecule has 1 aliphatic heterocycles. The number of hydrogen-bond donors (Lipinski definition) is 1. The Morgan fingerprint density at radius 2 is 2.26 bits per heavy atom. The first-order valence-electron chi connectivity index (χ1n) is 9.26. The maximum absolute atomic E-state index is 12.6. The van der Waals surface area contributed by atoms with E-state index in [1.165, 1.54) is 16.9 Å². The summed E-state index contributed by atoms with van der Waals surface area (Å²) in [6, 6.07) is 13.4. The lowest BCUT2D eigenvalue weighted by atomic mass is 10.2. The lowest BCUT2D eigenvalue weighted by molar-refractivity contribution is 0.0679. The van der Waals surface area contributed by atoms with Gasteiger partial charge in [0.15, 0.2) is 5.13 Å². The maximum Gasteiger partial charge on any atom is 0.257 e. The van der Waals surface area contributed by atoms with Gasteiger partial charge in [-0.05, 0) is 55.2 Å². The minimum atomic E-state index is -0.188. The van der Waals surface area contributed by atoms with Gasteiger partial charge in [-0.2, -0.15) is 0 Å². The number of fused-ring (bicyclic) bond motifs is 1. The van der Waals surface area contributed by atoms with Crippen LogP contribution in [-0.4, -0.2) is 30.2 Å². The summed E-state index contributed by atoms with van der Waals surface area (Å²) < 4.78 is 12.4. The van der Waals surface area contributed by atoms with Gasteiger partial charge >= 0.3 is 0 Å². The minimum absolute atomic E-state index is 0.151. The second-order valence-corrected chi connectivity index (χ2v) is 7.63. The van der Waals surface area contributed by atoms with Gasteiger partial charge in [-0.25, -0.2) is 4.98 Å². The van der Waals surface area contributed by atoms with Gasteiger partial charge in [-0.3, -0.25) is 10.1 Å². The number of aryl methyl sites for hydroxylation is 1. The van der Waals surface area contributed by atoms with Crippen LogP contribution in [0.5, 0.6) is 5.75 Å². The van der Waals surface area contributed by atoms with Crippen molar-refractivity contribution in [3.05, 3.63) is 53.6 Å². The molecule has 0 aliphatic carbocycles. The average Bonchev–Trinajstić information content (AvgIpc) is 3.35. The largest absolute Gasteiger partial charge is 0.491 e. The number of nitrogens with one attached hydrogen (secondary N) is 1. The van der Waals surface area contributed by atoms with Gasteiger partial charge in [0.25, 0.3) is 5.91 Å². The zero-order chi connectivity index (χ0) is 18.6. The zero-order valence-corrected chi connectivity index (χ0v) is 16.1. The molecule has 5 nitrogen and oxygen atoms in total. The van der Waals surface area contributed by atoms with Crippen LogP contribution in [0.4, 0.5) is 5.13 Å². The Kier molecular flexibility index (Phi) is 5.36. The van der Waals surface area contributed by atoms with Crippen LogP contribution < -0.4 is 10.1 Å². The van der Waals surface area contributed by atoms with E-state index in [9.17, 15) is 4.79 Å². The molecule has 0 bridgehead atoms. The molecule has 4 rings (SSSR count). The second-order valence-electron chi connectivity index (χ2n) is 6.60. The van der Waals surface area contributed by atoms with Crippen molar-refractivity contribution in [1.82, 2.24) is 4.98 Å². The number of amides is 1. The van der Waals surface area contributed by atoms with E-state index in [1.807, 2.05) is 18.2 Å². The Balaban J connectivity index is 1.43. The van der Waals surface area contributed by atoms with E-state index < -0.39 is 0 Å². The molecule has 1 atom stereocenters. The van der Waals surface area contributed by atoms with Gasteiger partial charge in [0, 0.05) is 12.2 Å². The number of benzene rings is 2. The molecule has 2 aromatic carbocycles. The molecule has 0 saturated carbocycles. The van der Waals surface area contributed by atoms with Gasteiger partial charge < -0.3 is 9.47 Å². The van der Waals surface area contributed by atoms with Crippen molar-refractivity contribution < 1.29 is 14.3 Å². The average molecular weight is 382 g/mol. The number of carbonyl (C=O) groups excluding carboxylic acids is 1. The Labute approximate surface area is 162 Å². The summed E-state index contributed by atoms with van der Waals surface area (Å²) in [5.74, 6) is 0.488. The summed E-state index contributed by atoms with van der Waals surface area (Å²) in [7, 11) is 0. The highest BCUT2D eigenvalue weighted by Crippen LogP contribution is 2.27. The summed E-state index contributed by atoms with van der Waals surface area (Å²) in [4.78, 5) is 17.1. The van der Waals surface area contributed by atoms with Gasteiger partial charge in [0.1, 0.15) is 12.4 Å². The lowest BCUT2D eigenvalue weighted by Crippen LogP contribution is -2.16. The van der Waals surface area contributed by atoms with Crippen molar-refractivity contribution in [2.75, 3.05) is 18.5 Å². The van der Waals surface area contributed by atoms with E-state index in [0.29, 0.717) is 23.1 Å². The van der Waals surface area contributed by atoms with Crippen LogP contribution in [0.15, 0.2) is 42.5 Å². The molecular weight excluding hydrogens is 360 g/mol. The van der Waals surface area contributed by atoms with E-state index in [1.54, 1.807) is 12.1 Å². The summed E-state index contributed by atoms with van der Waals surface area (Å²) in [5.41, 5.74) is 2.72. The fourth-order valence-electron chi connectivity index (χ4n) is 3.10. The predicted octanol–water partition coefficient (Wildman–Crippen LogP) is 4.67. The highest BCUT2D eigenvalue weighted by Gasteiger charge is 2.16. The number of anilines is 1. The molecule has 1 fully saturated rings. The SMILES string of the molecule is CCc1ccc2nc(NC(=O)c3cccc(OCC4CCCO4)c3)sc2c1.